The summed E-state index contributed by atoms with van der Waals surface area (Å²) in [6.07, 6.45) is 1.86. The standard InChI is InChI=1S/C16H25FN2O2/c1-3-14(4-2)19(9-10-20)12-16(21)18-11-13-7-5-6-8-15(13)17/h5-8,14,20H,3-4,9-12H2,1-2H3,(H,18,21). The van der Waals surface area contributed by atoms with Crippen LogP contribution in [0.2, 0.25) is 0 Å². The predicted octanol–water partition coefficient (Wildman–Crippen LogP) is 1.92. The number of benzene rings is 1. The minimum atomic E-state index is -0.315. The third-order valence-electron chi connectivity index (χ3n) is 3.63. The molecule has 0 saturated carbocycles. The van der Waals surface area contributed by atoms with Gasteiger partial charge < -0.3 is 10.4 Å². The number of carbonyl (C=O) groups is 1. The van der Waals surface area contributed by atoms with Crippen molar-refractivity contribution in [3.8, 4) is 0 Å². The minimum Gasteiger partial charge on any atom is -0.395 e. The average molecular weight is 296 g/mol. The van der Waals surface area contributed by atoms with E-state index in [4.69, 9.17) is 5.11 Å². The molecule has 1 rings (SSSR count). The molecule has 1 aromatic rings. The average Bonchev–Trinajstić information content (AvgIpc) is 2.48. The Hall–Kier alpha value is -1.46. The van der Waals surface area contributed by atoms with Crippen LogP contribution in [0.3, 0.4) is 0 Å². The molecule has 21 heavy (non-hydrogen) atoms. The van der Waals surface area contributed by atoms with Crippen LogP contribution >= 0.6 is 0 Å². The molecular formula is C16H25FN2O2. The molecule has 5 heteroatoms. The maximum absolute atomic E-state index is 13.5. The normalized spacial score (nSPS) is 11.1. The second-order valence-electron chi connectivity index (χ2n) is 5.03. The van der Waals surface area contributed by atoms with Crippen molar-refractivity contribution in [2.24, 2.45) is 0 Å². The van der Waals surface area contributed by atoms with Gasteiger partial charge in [0.1, 0.15) is 5.82 Å². The van der Waals surface area contributed by atoms with Crippen molar-refractivity contribution in [2.45, 2.75) is 39.3 Å². The van der Waals surface area contributed by atoms with Crippen LogP contribution in [0.1, 0.15) is 32.3 Å². The fourth-order valence-corrected chi connectivity index (χ4v) is 2.40. The molecule has 0 fully saturated rings. The van der Waals surface area contributed by atoms with E-state index in [2.05, 4.69) is 19.2 Å². The van der Waals surface area contributed by atoms with E-state index in [9.17, 15) is 9.18 Å². The van der Waals surface area contributed by atoms with E-state index in [1.165, 1.54) is 6.07 Å². The van der Waals surface area contributed by atoms with Crippen LogP contribution in [0.25, 0.3) is 0 Å². The highest BCUT2D eigenvalue weighted by molar-refractivity contribution is 5.78. The molecule has 1 aromatic carbocycles. The first kappa shape index (κ1) is 17.6. The molecule has 0 heterocycles. The molecule has 0 radical (unpaired) electrons. The van der Waals surface area contributed by atoms with E-state index in [1.807, 2.05) is 4.90 Å². The highest BCUT2D eigenvalue weighted by Gasteiger charge is 2.17. The van der Waals surface area contributed by atoms with Gasteiger partial charge in [-0.25, -0.2) is 4.39 Å². The van der Waals surface area contributed by atoms with Gasteiger partial charge in [0, 0.05) is 24.7 Å². The van der Waals surface area contributed by atoms with E-state index in [-0.39, 0.29) is 37.5 Å². The Kier molecular flexibility index (Phi) is 7.93. The molecule has 0 aliphatic heterocycles. The lowest BCUT2D eigenvalue weighted by atomic mass is 10.1. The van der Waals surface area contributed by atoms with Gasteiger partial charge in [-0.05, 0) is 18.9 Å². The number of nitrogens with zero attached hydrogens (tertiary/aromatic N) is 1. The lowest BCUT2D eigenvalue weighted by molar-refractivity contribution is -0.123. The Balaban J connectivity index is 2.52. The topological polar surface area (TPSA) is 52.6 Å². The fourth-order valence-electron chi connectivity index (χ4n) is 2.40. The summed E-state index contributed by atoms with van der Waals surface area (Å²) in [7, 11) is 0. The zero-order valence-electron chi connectivity index (χ0n) is 12.8. The lowest BCUT2D eigenvalue weighted by Gasteiger charge is -2.29. The number of aliphatic hydroxyl groups excluding tert-OH is 1. The van der Waals surface area contributed by atoms with Crippen molar-refractivity contribution in [3.05, 3.63) is 35.6 Å². The molecule has 0 aliphatic carbocycles. The first-order chi connectivity index (χ1) is 10.1. The van der Waals surface area contributed by atoms with E-state index in [0.717, 1.165) is 12.8 Å². The third-order valence-corrected chi connectivity index (χ3v) is 3.63. The van der Waals surface area contributed by atoms with Gasteiger partial charge in [0.15, 0.2) is 0 Å². The Morgan fingerprint density at radius 1 is 1.33 bits per heavy atom. The van der Waals surface area contributed by atoms with Crippen molar-refractivity contribution < 1.29 is 14.3 Å². The maximum atomic E-state index is 13.5. The van der Waals surface area contributed by atoms with Gasteiger partial charge in [-0.2, -0.15) is 0 Å². The molecule has 0 bridgehead atoms. The second-order valence-corrected chi connectivity index (χ2v) is 5.03. The van der Waals surface area contributed by atoms with Gasteiger partial charge in [0.25, 0.3) is 0 Å². The molecule has 118 valence electrons. The van der Waals surface area contributed by atoms with Crippen molar-refractivity contribution >= 4 is 5.91 Å². The second kappa shape index (κ2) is 9.47. The third kappa shape index (κ3) is 5.81. The molecule has 0 spiro atoms. The Labute approximate surface area is 126 Å². The summed E-state index contributed by atoms with van der Waals surface area (Å²) >= 11 is 0. The van der Waals surface area contributed by atoms with E-state index < -0.39 is 0 Å². The molecule has 0 atom stereocenters. The van der Waals surface area contributed by atoms with Gasteiger partial charge in [0.2, 0.25) is 5.91 Å². The highest BCUT2D eigenvalue weighted by Crippen LogP contribution is 2.08. The summed E-state index contributed by atoms with van der Waals surface area (Å²) in [4.78, 5) is 14.0. The molecule has 0 saturated heterocycles. The van der Waals surface area contributed by atoms with E-state index in [1.54, 1.807) is 18.2 Å². The first-order valence-electron chi connectivity index (χ1n) is 7.47. The monoisotopic (exact) mass is 296 g/mol. The zero-order chi connectivity index (χ0) is 15.7. The highest BCUT2D eigenvalue weighted by atomic mass is 19.1. The van der Waals surface area contributed by atoms with Gasteiger partial charge in [0.05, 0.1) is 13.2 Å². The number of carbonyl (C=O) groups excluding carboxylic acids is 1. The number of hydrogen-bond acceptors (Lipinski definition) is 3. The molecule has 0 aliphatic rings. The van der Waals surface area contributed by atoms with Gasteiger partial charge in [-0.3, -0.25) is 9.69 Å². The Morgan fingerprint density at radius 3 is 2.57 bits per heavy atom. The molecular weight excluding hydrogens is 271 g/mol. The van der Waals surface area contributed by atoms with Gasteiger partial charge >= 0.3 is 0 Å². The van der Waals surface area contributed by atoms with Crippen LogP contribution in [0.4, 0.5) is 4.39 Å². The van der Waals surface area contributed by atoms with E-state index in [0.29, 0.717) is 12.1 Å². The smallest absolute Gasteiger partial charge is 0.234 e. The summed E-state index contributed by atoms with van der Waals surface area (Å²) in [5.41, 5.74) is 0.474. The summed E-state index contributed by atoms with van der Waals surface area (Å²) < 4.78 is 13.5. The summed E-state index contributed by atoms with van der Waals surface area (Å²) in [5.74, 6) is -0.469. The zero-order valence-corrected chi connectivity index (χ0v) is 12.8. The molecule has 0 unspecified atom stereocenters. The minimum absolute atomic E-state index is 0.0249. The van der Waals surface area contributed by atoms with Gasteiger partial charge in [-0.15, -0.1) is 0 Å². The number of aliphatic hydroxyl groups is 1. The van der Waals surface area contributed by atoms with Crippen LogP contribution in [0.15, 0.2) is 24.3 Å². The molecule has 1 amide bonds. The van der Waals surface area contributed by atoms with Crippen LogP contribution in [-0.2, 0) is 11.3 Å². The van der Waals surface area contributed by atoms with Crippen molar-refractivity contribution in [3.63, 3.8) is 0 Å². The Bertz CT molecular complexity index is 436. The van der Waals surface area contributed by atoms with Crippen LogP contribution < -0.4 is 5.32 Å². The maximum Gasteiger partial charge on any atom is 0.234 e. The summed E-state index contributed by atoms with van der Waals surface area (Å²) in [5, 5.41) is 11.8. The van der Waals surface area contributed by atoms with Crippen molar-refractivity contribution in [1.82, 2.24) is 10.2 Å². The van der Waals surface area contributed by atoms with Crippen LogP contribution in [0, 0.1) is 5.82 Å². The van der Waals surface area contributed by atoms with Crippen molar-refractivity contribution in [1.29, 1.82) is 0 Å². The van der Waals surface area contributed by atoms with Crippen molar-refractivity contribution in [2.75, 3.05) is 19.7 Å². The van der Waals surface area contributed by atoms with Crippen LogP contribution in [-0.4, -0.2) is 41.7 Å². The summed E-state index contributed by atoms with van der Waals surface area (Å²) in [6.45, 7) is 5.03. The van der Waals surface area contributed by atoms with Gasteiger partial charge in [-0.1, -0.05) is 32.0 Å². The largest absolute Gasteiger partial charge is 0.395 e. The van der Waals surface area contributed by atoms with E-state index >= 15 is 0 Å². The Morgan fingerprint density at radius 2 is 2.00 bits per heavy atom. The lowest BCUT2D eigenvalue weighted by Crippen LogP contribution is -2.43. The quantitative estimate of drug-likeness (QED) is 0.732. The summed E-state index contributed by atoms with van der Waals surface area (Å²) in [6, 6.07) is 6.67. The first-order valence-corrected chi connectivity index (χ1v) is 7.47. The SMILES string of the molecule is CCC(CC)N(CCO)CC(=O)NCc1ccccc1F. The molecule has 2 N–H and O–H groups in total. The number of halogens is 1. The fraction of sp³-hybridized carbons (Fsp3) is 0.562. The number of amides is 1. The number of rotatable bonds is 9. The number of nitrogens with one attached hydrogen (secondary N) is 1. The predicted molar refractivity (Wildman–Crippen MR) is 81.3 cm³/mol. The van der Waals surface area contributed by atoms with Crippen LogP contribution in [0.5, 0.6) is 0 Å². The molecule has 4 nitrogen and oxygen atoms in total. The number of hydrogen-bond donors (Lipinski definition) is 2. The molecule has 0 aromatic heterocycles.